The molecule has 3 rings (SSSR count). The largest absolute Gasteiger partial charge is 0.193 e. The summed E-state index contributed by atoms with van der Waals surface area (Å²) in [7, 11) is 0. The van der Waals surface area contributed by atoms with Gasteiger partial charge in [-0.05, 0) is 29.2 Å². The maximum atomic E-state index is 9.16. The lowest BCUT2D eigenvalue weighted by Crippen LogP contribution is -2.08. The van der Waals surface area contributed by atoms with Crippen molar-refractivity contribution in [3.63, 3.8) is 0 Å². The van der Waals surface area contributed by atoms with Crippen molar-refractivity contribution in [2.45, 2.75) is 12.3 Å². The van der Waals surface area contributed by atoms with Crippen molar-refractivity contribution in [3.05, 3.63) is 76.9 Å². The summed E-state index contributed by atoms with van der Waals surface area (Å²) < 4.78 is 0. The monoisotopic (exact) mass is 231 g/mol. The van der Waals surface area contributed by atoms with Crippen molar-refractivity contribution in [1.82, 2.24) is 0 Å². The van der Waals surface area contributed by atoms with Crippen molar-refractivity contribution in [1.29, 1.82) is 5.26 Å². The molecule has 0 fully saturated rings. The first-order chi connectivity index (χ1) is 8.88. The second-order valence-corrected chi connectivity index (χ2v) is 4.58. The number of rotatable bonds is 1. The molecule has 0 saturated carbocycles. The van der Waals surface area contributed by atoms with E-state index in [1.807, 2.05) is 18.2 Å². The number of fused-ring (bicyclic) bond motifs is 1. The Balaban J connectivity index is 2.13. The van der Waals surface area contributed by atoms with Crippen molar-refractivity contribution in [2.75, 3.05) is 0 Å². The van der Waals surface area contributed by atoms with E-state index in [0.29, 0.717) is 5.92 Å². The molecule has 0 N–H and O–H groups in total. The molecule has 0 saturated heterocycles. The predicted molar refractivity (Wildman–Crippen MR) is 72.9 cm³/mol. The Kier molecular flexibility index (Phi) is 2.70. The van der Waals surface area contributed by atoms with E-state index in [2.05, 4.69) is 48.5 Å². The summed E-state index contributed by atoms with van der Waals surface area (Å²) >= 11 is 0. The predicted octanol–water partition coefficient (Wildman–Crippen LogP) is 4.13. The molecular weight excluding hydrogens is 218 g/mol. The lowest BCUT2D eigenvalue weighted by atomic mass is 9.79. The highest BCUT2D eigenvalue weighted by Gasteiger charge is 2.22. The zero-order chi connectivity index (χ0) is 12.4. The third kappa shape index (κ3) is 1.83. The maximum absolute atomic E-state index is 9.16. The third-order valence-corrected chi connectivity index (χ3v) is 3.47. The Hall–Kier alpha value is -2.33. The average Bonchev–Trinajstić information content (AvgIpc) is 2.47. The van der Waals surface area contributed by atoms with Gasteiger partial charge in [-0.3, -0.25) is 0 Å². The fourth-order valence-electron chi connectivity index (χ4n) is 2.60. The van der Waals surface area contributed by atoms with Crippen LogP contribution >= 0.6 is 0 Å². The van der Waals surface area contributed by atoms with Crippen LogP contribution in [-0.4, -0.2) is 0 Å². The summed E-state index contributed by atoms with van der Waals surface area (Å²) in [6.45, 7) is 0. The van der Waals surface area contributed by atoms with Gasteiger partial charge >= 0.3 is 0 Å². The first kappa shape index (κ1) is 10.8. The number of nitrogens with zero attached hydrogens (tertiary/aromatic N) is 1. The Morgan fingerprint density at radius 3 is 2.44 bits per heavy atom. The van der Waals surface area contributed by atoms with Crippen molar-refractivity contribution in [2.24, 2.45) is 0 Å². The SMILES string of the molecule is N#CC1=Cc2ccccc2C(c2ccccc2)C1. The highest BCUT2D eigenvalue weighted by molar-refractivity contribution is 5.65. The van der Waals surface area contributed by atoms with E-state index >= 15 is 0 Å². The lowest BCUT2D eigenvalue weighted by Gasteiger charge is -2.23. The van der Waals surface area contributed by atoms with Crippen LogP contribution in [0.5, 0.6) is 0 Å². The van der Waals surface area contributed by atoms with Gasteiger partial charge in [0, 0.05) is 11.5 Å². The molecule has 0 amide bonds. The minimum atomic E-state index is 0.307. The molecular formula is C17H13N. The maximum Gasteiger partial charge on any atom is 0.0947 e. The second kappa shape index (κ2) is 4.50. The van der Waals surface area contributed by atoms with Crippen LogP contribution in [0.15, 0.2) is 60.2 Å². The van der Waals surface area contributed by atoms with Gasteiger partial charge in [-0.15, -0.1) is 0 Å². The molecule has 0 bridgehead atoms. The molecule has 2 aromatic carbocycles. The molecule has 0 heterocycles. The zero-order valence-corrected chi connectivity index (χ0v) is 10.0. The quantitative estimate of drug-likeness (QED) is 0.724. The minimum absolute atomic E-state index is 0.307. The topological polar surface area (TPSA) is 23.8 Å². The lowest BCUT2D eigenvalue weighted by molar-refractivity contribution is 0.800. The summed E-state index contributed by atoms with van der Waals surface area (Å²) in [5, 5.41) is 9.16. The van der Waals surface area contributed by atoms with Crippen LogP contribution in [0.1, 0.15) is 29.0 Å². The van der Waals surface area contributed by atoms with Crippen molar-refractivity contribution < 1.29 is 0 Å². The molecule has 1 aliphatic rings. The second-order valence-electron chi connectivity index (χ2n) is 4.58. The zero-order valence-electron chi connectivity index (χ0n) is 10.0. The first-order valence-electron chi connectivity index (χ1n) is 6.13. The van der Waals surface area contributed by atoms with E-state index in [1.54, 1.807) is 0 Å². The molecule has 0 radical (unpaired) electrons. The Bertz CT molecular complexity index is 632. The van der Waals surface area contributed by atoms with E-state index in [1.165, 1.54) is 16.7 Å². The molecule has 2 aromatic rings. The van der Waals surface area contributed by atoms with Gasteiger partial charge in [0.05, 0.1) is 6.07 Å². The molecule has 86 valence electrons. The van der Waals surface area contributed by atoms with E-state index in [4.69, 9.17) is 5.26 Å². The standard InChI is InChI=1S/C17H13N/c18-12-13-10-15-8-4-5-9-16(15)17(11-13)14-6-2-1-3-7-14/h1-10,17H,11H2. The van der Waals surface area contributed by atoms with E-state index in [0.717, 1.165) is 12.0 Å². The third-order valence-electron chi connectivity index (χ3n) is 3.47. The first-order valence-corrected chi connectivity index (χ1v) is 6.13. The average molecular weight is 231 g/mol. The molecule has 0 spiro atoms. The van der Waals surface area contributed by atoms with Crippen LogP contribution in [-0.2, 0) is 0 Å². The van der Waals surface area contributed by atoms with E-state index in [-0.39, 0.29) is 0 Å². The van der Waals surface area contributed by atoms with Crippen molar-refractivity contribution >= 4 is 6.08 Å². The van der Waals surface area contributed by atoms with Gasteiger partial charge < -0.3 is 0 Å². The van der Waals surface area contributed by atoms with Crippen LogP contribution in [0.4, 0.5) is 0 Å². The van der Waals surface area contributed by atoms with Gasteiger partial charge in [0.2, 0.25) is 0 Å². The number of hydrogen-bond donors (Lipinski definition) is 0. The number of hydrogen-bond acceptors (Lipinski definition) is 1. The van der Waals surface area contributed by atoms with Crippen molar-refractivity contribution in [3.8, 4) is 6.07 Å². The number of nitriles is 1. The Labute approximate surface area is 107 Å². The van der Waals surface area contributed by atoms with Crippen LogP contribution in [0.3, 0.4) is 0 Å². The molecule has 1 nitrogen and oxygen atoms in total. The van der Waals surface area contributed by atoms with Gasteiger partial charge in [-0.2, -0.15) is 5.26 Å². The Morgan fingerprint density at radius 1 is 0.944 bits per heavy atom. The summed E-state index contributed by atoms with van der Waals surface area (Å²) in [6.07, 6.45) is 2.81. The van der Waals surface area contributed by atoms with E-state index in [9.17, 15) is 0 Å². The smallest absolute Gasteiger partial charge is 0.0947 e. The van der Waals surface area contributed by atoms with Crippen LogP contribution in [0.25, 0.3) is 6.08 Å². The molecule has 0 aromatic heterocycles. The minimum Gasteiger partial charge on any atom is -0.193 e. The normalized spacial score (nSPS) is 17.5. The molecule has 1 aliphatic carbocycles. The van der Waals surface area contributed by atoms with Crippen LogP contribution in [0, 0.1) is 11.3 Å². The van der Waals surface area contributed by atoms with Gasteiger partial charge in [0.25, 0.3) is 0 Å². The summed E-state index contributed by atoms with van der Waals surface area (Å²) in [5.41, 5.74) is 4.64. The van der Waals surface area contributed by atoms with Gasteiger partial charge in [-0.1, -0.05) is 54.6 Å². The molecule has 1 heteroatoms. The summed E-state index contributed by atoms with van der Waals surface area (Å²) in [5.74, 6) is 0.307. The fraction of sp³-hybridized carbons (Fsp3) is 0.118. The van der Waals surface area contributed by atoms with Gasteiger partial charge in [-0.25, -0.2) is 0 Å². The number of benzene rings is 2. The van der Waals surface area contributed by atoms with E-state index < -0.39 is 0 Å². The van der Waals surface area contributed by atoms with Gasteiger partial charge in [0.15, 0.2) is 0 Å². The number of allylic oxidation sites excluding steroid dienone is 1. The fourth-order valence-corrected chi connectivity index (χ4v) is 2.60. The summed E-state index contributed by atoms with van der Waals surface area (Å²) in [6, 6.07) is 21.1. The van der Waals surface area contributed by atoms with Crippen LogP contribution in [0.2, 0.25) is 0 Å². The molecule has 1 atom stereocenters. The van der Waals surface area contributed by atoms with Gasteiger partial charge in [0.1, 0.15) is 0 Å². The Morgan fingerprint density at radius 2 is 1.67 bits per heavy atom. The molecule has 0 aliphatic heterocycles. The summed E-state index contributed by atoms with van der Waals surface area (Å²) in [4.78, 5) is 0. The van der Waals surface area contributed by atoms with Crippen LogP contribution < -0.4 is 0 Å². The molecule has 1 unspecified atom stereocenters. The highest BCUT2D eigenvalue weighted by Crippen LogP contribution is 2.37. The highest BCUT2D eigenvalue weighted by atomic mass is 14.3. The molecule has 18 heavy (non-hydrogen) atoms.